The van der Waals surface area contributed by atoms with Gasteiger partial charge in [0.05, 0.1) is 17.7 Å². The number of halogens is 2. The zero-order valence-corrected chi connectivity index (χ0v) is 18.2. The molecule has 172 valence electrons. The van der Waals surface area contributed by atoms with Crippen molar-refractivity contribution in [1.82, 2.24) is 9.58 Å². The minimum absolute atomic E-state index is 0.226. The molecule has 2 aliphatic rings. The summed E-state index contributed by atoms with van der Waals surface area (Å²) in [5.74, 6) is -3.22. The molecule has 0 unspecified atom stereocenters. The Hall–Kier alpha value is -4.19. The molecule has 0 fully saturated rings. The Labute approximate surface area is 193 Å². The van der Waals surface area contributed by atoms with Gasteiger partial charge in [-0.2, -0.15) is 5.26 Å². The fourth-order valence-corrected chi connectivity index (χ4v) is 4.99. The van der Waals surface area contributed by atoms with Crippen molar-refractivity contribution < 1.29 is 18.7 Å². The Morgan fingerprint density at radius 3 is 2.59 bits per heavy atom. The van der Waals surface area contributed by atoms with Gasteiger partial charge in [0.25, 0.3) is 5.91 Å². The summed E-state index contributed by atoms with van der Waals surface area (Å²) in [6.07, 6.45) is 2.36. The molecule has 0 saturated carbocycles. The number of aromatic nitrogens is 1. The molecule has 7 nitrogen and oxygen atoms in total. The summed E-state index contributed by atoms with van der Waals surface area (Å²) >= 11 is 0. The van der Waals surface area contributed by atoms with Crippen LogP contribution in [0.1, 0.15) is 51.6 Å². The van der Waals surface area contributed by atoms with E-state index in [1.54, 1.807) is 36.3 Å². The normalized spacial score (nSPS) is 19.4. The third-order valence-corrected chi connectivity index (χ3v) is 6.60. The molecule has 3 heterocycles. The standard InChI is InChI=1S/C25H20F2N4O3/c1-29-21-8-4-6-14-11-18(26)19(27)12-17(14)22(16-7-3-2-5-15(16)13-28)31(21)30-10-9-20(32)24(33)23(30)25(29)34/h2-3,5,7,9-12,21-22,33H,4,6,8H2,1H3/t21-,22+/m1/s1. The molecule has 2 atom stereocenters. The van der Waals surface area contributed by atoms with E-state index in [1.165, 1.54) is 21.8 Å². The van der Waals surface area contributed by atoms with Crippen LogP contribution in [-0.2, 0) is 6.42 Å². The van der Waals surface area contributed by atoms with E-state index in [0.717, 1.165) is 12.1 Å². The van der Waals surface area contributed by atoms with E-state index < -0.39 is 40.9 Å². The van der Waals surface area contributed by atoms with Gasteiger partial charge in [-0.3, -0.25) is 19.3 Å². The lowest BCUT2D eigenvalue weighted by Gasteiger charge is -2.50. The number of benzene rings is 2. The summed E-state index contributed by atoms with van der Waals surface area (Å²) in [6.45, 7) is 0. The highest BCUT2D eigenvalue weighted by molar-refractivity contribution is 5.96. The van der Waals surface area contributed by atoms with Gasteiger partial charge in [-0.1, -0.05) is 18.2 Å². The summed E-state index contributed by atoms with van der Waals surface area (Å²) in [5.41, 5.74) is 0.945. The van der Waals surface area contributed by atoms with Crippen LogP contribution in [0.5, 0.6) is 5.75 Å². The maximum atomic E-state index is 14.6. The molecule has 5 rings (SSSR count). The molecule has 0 spiro atoms. The average Bonchev–Trinajstić information content (AvgIpc) is 2.82. The molecule has 0 aliphatic carbocycles. The summed E-state index contributed by atoms with van der Waals surface area (Å²) < 4.78 is 30.2. The number of amides is 1. The first-order valence-corrected chi connectivity index (χ1v) is 10.8. The molecule has 1 amide bonds. The molecule has 2 aliphatic heterocycles. The Bertz CT molecular complexity index is 1430. The van der Waals surface area contributed by atoms with Gasteiger partial charge < -0.3 is 10.0 Å². The Morgan fingerprint density at radius 1 is 1.09 bits per heavy atom. The largest absolute Gasteiger partial charge is 0.502 e. The predicted molar refractivity (Wildman–Crippen MR) is 119 cm³/mol. The van der Waals surface area contributed by atoms with E-state index in [4.69, 9.17) is 0 Å². The molecule has 0 radical (unpaired) electrons. The van der Waals surface area contributed by atoms with Crippen LogP contribution in [0.4, 0.5) is 8.78 Å². The zero-order chi connectivity index (χ0) is 24.1. The number of nitrogens with zero attached hydrogens (tertiary/aromatic N) is 4. The summed E-state index contributed by atoms with van der Waals surface area (Å²) in [4.78, 5) is 26.8. The van der Waals surface area contributed by atoms with E-state index in [-0.39, 0.29) is 5.69 Å². The van der Waals surface area contributed by atoms with E-state index in [2.05, 4.69) is 6.07 Å². The molecule has 1 aromatic heterocycles. The Kier molecular flexibility index (Phi) is 5.09. The number of rotatable bonds is 1. The first-order valence-electron chi connectivity index (χ1n) is 10.8. The van der Waals surface area contributed by atoms with Crippen molar-refractivity contribution in [3.8, 4) is 11.8 Å². The first kappa shape index (κ1) is 21.6. The van der Waals surface area contributed by atoms with Crippen molar-refractivity contribution in [3.63, 3.8) is 0 Å². The second-order valence-corrected chi connectivity index (χ2v) is 8.46. The molecule has 0 bridgehead atoms. The molecule has 2 aromatic carbocycles. The van der Waals surface area contributed by atoms with Crippen LogP contribution in [0.2, 0.25) is 0 Å². The molecule has 1 N–H and O–H groups in total. The second-order valence-electron chi connectivity index (χ2n) is 8.46. The number of nitriles is 1. The van der Waals surface area contributed by atoms with Gasteiger partial charge in [0.15, 0.2) is 23.1 Å². The lowest BCUT2D eigenvalue weighted by molar-refractivity contribution is 0.0600. The van der Waals surface area contributed by atoms with Crippen LogP contribution in [-0.4, -0.2) is 33.8 Å². The Morgan fingerprint density at radius 2 is 1.82 bits per heavy atom. The monoisotopic (exact) mass is 462 g/mol. The number of carbonyl (C=O) groups is 1. The minimum Gasteiger partial charge on any atom is -0.502 e. The zero-order valence-electron chi connectivity index (χ0n) is 18.2. The van der Waals surface area contributed by atoms with Crippen LogP contribution in [0.25, 0.3) is 0 Å². The molecular weight excluding hydrogens is 442 g/mol. The summed E-state index contributed by atoms with van der Waals surface area (Å²) in [5, 5.41) is 22.1. The highest BCUT2D eigenvalue weighted by Crippen LogP contribution is 2.40. The van der Waals surface area contributed by atoms with Gasteiger partial charge in [-0.25, -0.2) is 8.78 Å². The van der Waals surface area contributed by atoms with E-state index >= 15 is 0 Å². The van der Waals surface area contributed by atoms with Crippen molar-refractivity contribution in [1.29, 1.82) is 5.26 Å². The number of carbonyl (C=O) groups excluding carboxylic acids is 1. The third-order valence-electron chi connectivity index (χ3n) is 6.60. The van der Waals surface area contributed by atoms with Gasteiger partial charge in [0, 0.05) is 19.3 Å². The SMILES string of the molecule is CN1C(=O)c2c(O)c(=O)ccn2N2[C@@H](c3ccccc3C#N)c3cc(F)c(F)cc3CCC[C@H]12. The number of fused-ring (bicyclic) bond motifs is 4. The maximum Gasteiger partial charge on any atom is 0.277 e. The van der Waals surface area contributed by atoms with Gasteiger partial charge in [0.2, 0.25) is 5.43 Å². The van der Waals surface area contributed by atoms with Crippen LogP contribution in [0, 0.1) is 23.0 Å². The van der Waals surface area contributed by atoms with Gasteiger partial charge in [-0.15, -0.1) is 0 Å². The van der Waals surface area contributed by atoms with Crippen LogP contribution >= 0.6 is 0 Å². The van der Waals surface area contributed by atoms with Crippen molar-refractivity contribution in [2.45, 2.75) is 31.5 Å². The van der Waals surface area contributed by atoms with Crippen molar-refractivity contribution in [2.75, 3.05) is 12.1 Å². The lowest BCUT2D eigenvalue weighted by Crippen LogP contribution is -2.61. The van der Waals surface area contributed by atoms with Gasteiger partial charge in [0.1, 0.15) is 6.17 Å². The number of hydrogen-bond acceptors (Lipinski definition) is 5. The highest BCUT2D eigenvalue weighted by Gasteiger charge is 2.43. The first-order chi connectivity index (χ1) is 16.3. The van der Waals surface area contributed by atoms with Crippen molar-refractivity contribution >= 4 is 5.91 Å². The highest BCUT2D eigenvalue weighted by atomic mass is 19.2. The quantitative estimate of drug-likeness (QED) is 0.600. The second kappa shape index (κ2) is 7.99. The smallest absolute Gasteiger partial charge is 0.277 e. The molecule has 3 aromatic rings. The fourth-order valence-electron chi connectivity index (χ4n) is 4.99. The molecule has 9 heteroatoms. The predicted octanol–water partition coefficient (Wildman–Crippen LogP) is 3.18. The van der Waals surface area contributed by atoms with Crippen LogP contribution in [0.15, 0.2) is 53.5 Å². The minimum atomic E-state index is -1.03. The summed E-state index contributed by atoms with van der Waals surface area (Å²) in [6, 6.07) is 11.6. The van der Waals surface area contributed by atoms with E-state index in [0.29, 0.717) is 41.5 Å². The van der Waals surface area contributed by atoms with Crippen LogP contribution < -0.4 is 10.4 Å². The van der Waals surface area contributed by atoms with Crippen molar-refractivity contribution in [2.24, 2.45) is 0 Å². The molecular formula is C25H20F2N4O3. The number of pyridine rings is 1. The number of aryl methyl sites for hydroxylation is 1. The Balaban J connectivity index is 1.89. The fraction of sp³-hybridized carbons (Fsp3) is 0.240. The molecule has 34 heavy (non-hydrogen) atoms. The number of hydrogen-bond donors (Lipinski definition) is 1. The summed E-state index contributed by atoms with van der Waals surface area (Å²) in [7, 11) is 1.57. The van der Waals surface area contributed by atoms with Crippen molar-refractivity contribution in [3.05, 3.63) is 98.5 Å². The van der Waals surface area contributed by atoms with E-state index in [1.807, 2.05) is 0 Å². The lowest BCUT2D eigenvalue weighted by atomic mass is 9.86. The third kappa shape index (κ3) is 3.14. The maximum absolute atomic E-state index is 14.6. The van der Waals surface area contributed by atoms with Crippen LogP contribution in [0.3, 0.4) is 0 Å². The average molecular weight is 462 g/mol. The topological polar surface area (TPSA) is 89.6 Å². The number of aromatic hydroxyl groups is 1. The van der Waals surface area contributed by atoms with Gasteiger partial charge >= 0.3 is 0 Å². The molecule has 0 saturated heterocycles. The van der Waals surface area contributed by atoms with Gasteiger partial charge in [-0.05, 0) is 54.2 Å². The van der Waals surface area contributed by atoms with E-state index in [9.17, 15) is 28.7 Å².